The lowest BCUT2D eigenvalue weighted by molar-refractivity contribution is 0.120. The molecule has 2 N–H and O–H groups in total. The van der Waals surface area contributed by atoms with Crippen LogP contribution in [0.3, 0.4) is 0 Å². The molecule has 0 aromatic carbocycles. The number of aliphatic hydroxyl groups is 1. The van der Waals surface area contributed by atoms with Crippen LogP contribution in [0.25, 0.3) is 0 Å². The highest BCUT2D eigenvalue weighted by Gasteiger charge is 2.15. The molecule has 0 aromatic heterocycles. The van der Waals surface area contributed by atoms with Gasteiger partial charge in [-0.3, -0.25) is 0 Å². The summed E-state index contributed by atoms with van der Waals surface area (Å²) in [7, 11) is 0. The molecule has 0 bridgehead atoms. The second-order valence-corrected chi connectivity index (χ2v) is 4.84. The monoisotopic (exact) mass is 226 g/mol. The summed E-state index contributed by atoms with van der Waals surface area (Å²) in [5, 5.41) is 13.2. The molecule has 0 aliphatic carbocycles. The normalized spacial score (nSPS) is 20.9. The van der Waals surface area contributed by atoms with Crippen molar-refractivity contribution < 1.29 is 5.11 Å². The fraction of sp³-hybridized carbons (Fsp3) is 0.846. The van der Waals surface area contributed by atoms with E-state index >= 15 is 0 Å². The lowest BCUT2D eigenvalue weighted by Crippen LogP contribution is -2.40. The van der Waals surface area contributed by atoms with Gasteiger partial charge in [-0.2, -0.15) is 0 Å². The third kappa shape index (κ3) is 5.64. The predicted molar refractivity (Wildman–Crippen MR) is 68.6 cm³/mol. The standard InChI is InChI=1S/C13H26N2O/c1-3-4-7-12(2)14-10-13(16)11-15-8-5-6-9-15/h3,12-14,16H,1,4-11H2,2H3. The van der Waals surface area contributed by atoms with Crippen LogP contribution < -0.4 is 5.32 Å². The minimum atomic E-state index is -0.232. The first-order chi connectivity index (χ1) is 7.72. The van der Waals surface area contributed by atoms with E-state index < -0.39 is 0 Å². The molecule has 1 aliphatic heterocycles. The molecule has 2 atom stereocenters. The molecule has 0 spiro atoms. The van der Waals surface area contributed by atoms with Crippen LogP contribution in [-0.4, -0.2) is 48.3 Å². The van der Waals surface area contributed by atoms with Gasteiger partial charge in [0.1, 0.15) is 0 Å². The lowest BCUT2D eigenvalue weighted by Gasteiger charge is -2.21. The molecular formula is C13H26N2O. The molecule has 3 heteroatoms. The molecule has 1 heterocycles. The number of hydrogen-bond acceptors (Lipinski definition) is 3. The highest BCUT2D eigenvalue weighted by atomic mass is 16.3. The van der Waals surface area contributed by atoms with Crippen molar-refractivity contribution in [3.05, 3.63) is 12.7 Å². The van der Waals surface area contributed by atoms with Crippen LogP contribution in [0, 0.1) is 0 Å². The van der Waals surface area contributed by atoms with Crippen LogP contribution in [0.5, 0.6) is 0 Å². The van der Waals surface area contributed by atoms with Gasteiger partial charge in [-0.05, 0) is 45.7 Å². The number of nitrogens with one attached hydrogen (secondary N) is 1. The van der Waals surface area contributed by atoms with E-state index in [0.717, 1.165) is 32.5 Å². The van der Waals surface area contributed by atoms with Crippen molar-refractivity contribution >= 4 is 0 Å². The molecule has 1 saturated heterocycles. The first-order valence-corrected chi connectivity index (χ1v) is 6.47. The van der Waals surface area contributed by atoms with Gasteiger partial charge >= 0.3 is 0 Å². The predicted octanol–water partition coefficient (Wildman–Crippen LogP) is 1.39. The molecule has 16 heavy (non-hydrogen) atoms. The van der Waals surface area contributed by atoms with Crippen molar-refractivity contribution in [2.24, 2.45) is 0 Å². The Hall–Kier alpha value is -0.380. The Bertz CT molecular complexity index is 190. The van der Waals surface area contributed by atoms with Gasteiger partial charge in [-0.25, -0.2) is 0 Å². The minimum absolute atomic E-state index is 0.232. The summed E-state index contributed by atoms with van der Waals surface area (Å²) >= 11 is 0. The minimum Gasteiger partial charge on any atom is -0.390 e. The maximum Gasteiger partial charge on any atom is 0.0791 e. The van der Waals surface area contributed by atoms with Crippen LogP contribution in [0.15, 0.2) is 12.7 Å². The van der Waals surface area contributed by atoms with E-state index in [1.54, 1.807) is 0 Å². The van der Waals surface area contributed by atoms with Gasteiger partial charge in [0.15, 0.2) is 0 Å². The molecule has 0 radical (unpaired) electrons. The van der Waals surface area contributed by atoms with Crippen LogP contribution in [0.2, 0.25) is 0 Å². The van der Waals surface area contributed by atoms with E-state index in [0.29, 0.717) is 12.6 Å². The number of hydrogen-bond donors (Lipinski definition) is 2. The van der Waals surface area contributed by atoms with Crippen molar-refractivity contribution in [3.8, 4) is 0 Å². The third-order valence-corrected chi connectivity index (χ3v) is 3.17. The summed E-state index contributed by atoms with van der Waals surface area (Å²) < 4.78 is 0. The van der Waals surface area contributed by atoms with Gasteiger partial charge in [-0.1, -0.05) is 6.08 Å². The zero-order valence-corrected chi connectivity index (χ0v) is 10.5. The first kappa shape index (κ1) is 13.7. The van der Waals surface area contributed by atoms with Crippen LogP contribution in [0.4, 0.5) is 0 Å². The van der Waals surface area contributed by atoms with E-state index in [-0.39, 0.29) is 6.10 Å². The summed E-state index contributed by atoms with van der Waals surface area (Å²) in [4.78, 5) is 2.35. The fourth-order valence-corrected chi connectivity index (χ4v) is 2.13. The van der Waals surface area contributed by atoms with Gasteiger partial charge in [0.25, 0.3) is 0 Å². The second kappa shape index (κ2) is 7.82. The summed E-state index contributed by atoms with van der Waals surface area (Å²) in [6, 6.07) is 0.464. The number of nitrogens with zero attached hydrogens (tertiary/aromatic N) is 1. The SMILES string of the molecule is C=CCCC(C)NCC(O)CN1CCCC1. The summed E-state index contributed by atoms with van der Waals surface area (Å²) in [5.41, 5.74) is 0. The van der Waals surface area contributed by atoms with Crippen molar-refractivity contribution in [1.82, 2.24) is 10.2 Å². The zero-order valence-electron chi connectivity index (χ0n) is 10.5. The van der Waals surface area contributed by atoms with Gasteiger partial charge < -0.3 is 15.3 Å². The maximum absolute atomic E-state index is 9.86. The lowest BCUT2D eigenvalue weighted by atomic mass is 10.2. The number of aliphatic hydroxyl groups excluding tert-OH is 1. The Morgan fingerprint density at radius 1 is 1.44 bits per heavy atom. The molecule has 0 amide bonds. The van der Waals surface area contributed by atoms with Gasteiger partial charge in [0.05, 0.1) is 6.10 Å². The molecular weight excluding hydrogens is 200 g/mol. The fourth-order valence-electron chi connectivity index (χ4n) is 2.13. The Kier molecular flexibility index (Phi) is 6.69. The smallest absolute Gasteiger partial charge is 0.0791 e. The van der Waals surface area contributed by atoms with E-state index in [1.165, 1.54) is 12.8 Å². The molecule has 1 rings (SSSR count). The molecule has 2 unspecified atom stereocenters. The number of rotatable bonds is 8. The highest BCUT2D eigenvalue weighted by molar-refractivity contribution is 4.75. The van der Waals surface area contributed by atoms with E-state index in [1.807, 2.05) is 6.08 Å². The molecule has 0 saturated carbocycles. The molecule has 3 nitrogen and oxygen atoms in total. The third-order valence-electron chi connectivity index (χ3n) is 3.17. The van der Waals surface area contributed by atoms with E-state index in [9.17, 15) is 5.11 Å². The largest absolute Gasteiger partial charge is 0.390 e. The van der Waals surface area contributed by atoms with Gasteiger partial charge in [0, 0.05) is 19.1 Å². The first-order valence-electron chi connectivity index (χ1n) is 6.47. The number of allylic oxidation sites excluding steroid dienone is 1. The average Bonchev–Trinajstić information content (AvgIpc) is 2.76. The Morgan fingerprint density at radius 2 is 2.12 bits per heavy atom. The number of likely N-dealkylation sites (tertiary alicyclic amines) is 1. The van der Waals surface area contributed by atoms with Gasteiger partial charge in [-0.15, -0.1) is 6.58 Å². The molecule has 0 aromatic rings. The highest BCUT2D eigenvalue weighted by Crippen LogP contribution is 2.07. The Morgan fingerprint density at radius 3 is 2.75 bits per heavy atom. The van der Waals surface area contributed by atoms with Crippen molar-refractivity contribution in [1.29, 1.82) is 0 Å². The maximum atomic E-state index is 9.86. The quantitative estimate of drug-likeness (QED) is 0.614. The van der Waals surface area contributed by atoms with Crippen molar-refractivity contribution in [3.63, 3.8) is 0 Å². The Labute approximate surface area is 99.5 Å². The van der Waals surface area contributed by atoms with Crippen LogP contribution >= 0.6 is 0 Å². The molecule has 1 aliphatic rings. The average molecular weight is 226 g/mol. The van der Waals surface area contributed by atoms with Crippen molar-refractivity contribution in [2.75, 3.05) is 26.2 Å². The molecule has 1 fully saturated rings. The summed E-state index contributed by atoms with van der Waals surface area (Å²) in [5.74, 6) is 0. The summed E-state index contributed by atoms with van der Waals surface area (Å²) in [6.45, 7) is 9.71. The van der Waals surface area contributed by atoms with E-state index in [2.05, 4.69) is 23.7 Å². The van der Waals surface area contributed by atoms with Crippen molar-refractivity contribution in [2.45, 2.75) is 44.8 Å². The van der Waals surface area contributed by atoms with Crippen LogP contribution in [0.1, 0.15) is 32.6 Å². The Balaban J connectivity index is 2.04. The molecule has 94 valence electrons. The zero-order chi connectivity index (χ0) is 11.8. The topological polar surface area (TPSA) is 35.5 Å². The van der Waals surface area contributed by atoms with E-state index in [4.69, 9.17) is 0 Å². The van der Waals surface area contributed by atoms with Gasteiger partial charge in [0.2, 0.25) is 0 Å². The second-order valence-electron chi connectivity index (χ2n) is 4.84. The number of β-amino-alcohol motifs (C(OH)–C–C–N with tert-alkyl or cyclic N) is 1. The van der Waals surface area contributed by atoms with Crippen LogP contribution in [-0.2, 0) is 0 Å². The summed E-state index contributed by atoms with van der Waals surface area (Å²) in [6.07, 6.45) is 6.42.